The minimum atomic E-state index is 0. The summed E-state index contributed by atoms with van der Waals surface area (Å²) in [5.74, 6) is 0. The van der Waals surface area contributed by atoms with Gasteiger partial charge in [0.15, 0.2) is 0 Å². The highest BCUT2D eigenvalue weighted by Crippen LogP contribution is 2.04. The number of halogens is 1. The first kappa shape index (κ1) is 9.31. The van der Waals surface area contributed by atoms with Crippen molar-refractivity contribution in [3.63, 3.8) is 0 Å². The molecule has 0 unspecified atom stereocenters. The van der Waals surface area contributed by atoms with E-state index in [1.807, 2.05) is 13.1 Å². The van der Waals surface area contributed by atoms with Gasteiger partial charge in [0.2, 0.25) is 0 Å². The average Bonchev–Trinajstić information content (AvgIpc) is 1.90. The normalized spacial score (nSPS) is 15.7. The van der Waals surface area contributed by atoms with Gasteiger partial charge in [-0.05, 0) is 17.8 Å². The fourth-order valence-corrected chi connectivity index (χ4v) is 0.743. The molecule has 1 aliphatic rings. The van der Waals surface area contributed by atoms with Gasteiger partial charge in [-0.15, -0.1) is 12.4 Å². The number of rotatable bonds is 1. The molecule has 1 rings (SSSR count). The van der Waals surface area contributed by atoms with Crippen molar-refractivity contribution in [2.75, 3.05) is 13.6 Å². The summed E-state index contributed by atoms with van der Waals surface area (Å²) in [4.78, 5) is 2.12. The summed E-state index contributed by atoms with van der Waals surface area (Å²) in [5.41, 5.74) is 1.22. The minimum Gasteiger partial charge on any atom is -0.377 e. The first-order valence-corrected chi connectivity index (χ1v) is 3.04. The highest BCUT2D eigenvalue weighted by molar-refractivity contribution is 5.85. The highest BCUT2D eigenvalue weighted by Gasteiger charge is 1.94. The van der Waals surface area contributed by atoms with E-state index in [-0.39, 0.29) is 12.4 Å². The van der Waals surface area contributed by atoms with Gasteiger partial charge in [0, 0.05) is 13.6 Å². The summed E-state index contributed by atoms with van der Waals surface area (Å²) in [7, 11) is 2.05. The van der Waals surface area contributed by atoms with Crippen LogP contribution in [-0.2, 0) is 0 Å². The molecule has 1 aliphatic heterocycles. The maximum atomic E-state index is 3.67. The second-order valence-corrected chi connectivity index (χ2v) is 2.16. The quantitative estimate of drug-likeness (QED) is 0.563. The van der Waals surface area contributed by atoms with Crippen LogP contribution in [0, 0.1) is 0 Å². The first-order chi connectivity index (χ1) is 4.33. The van der Waals surface area contributed by atoms with Crippen LogP contribution in [0.15, 0.2) is 36.6 Å². The van der Waals surface area contributed by atoms with E-state index < -0.39 is 0 Å². The number of likely N-dealkylation sites (N-methyl/N-ethyl adjacent to an activating group) is 1. The zero-order valence-corrected chi connectivity index (χ0v) is 6.90. The number of allylic oxidation sites excluding steroid dienone is 3. The van der Waals surface area contributed by atoms with Crippen LogP contribution >= 0.6 is 12.4 Å². The third kappa shape index (κ3) is 2.28. The van der Waals surface area contributed by atoms with Crippen molar-refractivity contribution in [1.29, 1.82) is 0 Å². The fourth-order valence-electron chi connectivity index (χ4n) is 0.743. The lowest BCUT2D eigenvalue weighted by Gasteiger charge is -2.14. The molecule has 0 aromatic heterocycles. The monoisotopic (exact) mass is 157 g/mol. The highest BCUT2D eigenvalue weighted by atomic mass is 35.5. The van der Waals surface area contributed by atoms with Crippen LogP contribution in [0.5, 0.6) is 0 Å². The van der Waals surface area contributed by atoms with Crippen molar-refractivity contribution in [2.45, 2.75) is 0 Å². The van der Waals surface area contributed by atoms with E-state index in [2.05, 4.69) is 29.8 Å². The third-order valence-corrected chi connectivity index (χ3v) is 1.37. The van der Waals surface area contributed by atoms with Gasteiger partial charge in [-0.3, -0.25) is 0 Å². The van der Waals surface area contributed by atoms with Crippen LogP contribution in [0.2, 0.25) is 0 Å². The molecule has 10 heavy (non-hydrogen) atoms. The lowest BCUT2D eigenvalue weighted by atomic mass is 10.2. The second-order valence-electron chi connectivity index (χ2n) is 2.16. The third-order valence-electron chi connectivity index (χ3n) is 1.37. The number of nitrogens with zero attached hydrogens (tertiary/aromatic N) is 1. The van der Waals surface area contributed by atoms with Crippen LogP contribution in [-0.4, -0.2) is 18.5 Å². The van der Waals surface area contributed by atoms with Crippen molar-refractivity contribution >= 4 is 12.4 Å². The standard InChI is InChI=1S/C8H11N.ClH/c1-3-8-4-6-9(2)7-5-8;/h3-6H,1,7H2,2H3;1H. The molecule has 0 fully saturated rings. The molecule has 0 amide bonds. The van der Waals surface area contributed by atoms with E-state index in [4.69, 9.17) is 0 Å². The van der Waals surface area contributed by atoms with Crippen molar-refractivity contribution in [1.82, 2.24) is 4.90 Å². The maximum Gasteiger partial charge on any atom is 0.0359 e. The molecular weight excluding hydrogens is 146 g/mol. The summed E-state index contributed by atoms with van der Waals surface area (Å²) < 4.78 is 0. The molecular formula is C8H12ClN. The van der Waals surface area contributed by atoms with Crippen LogP contribution < -0.4 is 0 Å². The Morgan fingerprint density at radius 2 is 2.40 bits per heavy atom. The molecule has 0 bridgehead atoms. The molecule has 0 saturated carbocycles. The Balaban J connectivity index is 0.000000810. The van der Waals surface area contributed by atoms with E-state index in [0.29, 0.717) is 0 Å². The van der Waals surface area contributed by atoms with Gasteiger partial charge in [-0.1, -0.05) is 18.7 Å². The molecule has 0 aromatic carbocycles. The van der Waals surface area contributed by atoms with E-state index in [1.54, 1.807) is 0 Å². The largest absolute Gasteiger partial charge is 0.377 e. The molecule has 0 N–H and O–H groups in total. The molecule has 0 aromatic rings. The van der Waals surface area contributed by atoms with Crippen LogP contribution in [0.3, 0.4) is 0 Å². The molecule has 2 heteroatoms. The van der Waals surface area contributed by atoms with Crippen LogP contribution in [0.1, 0.15) is 0 Å². The van der Waals surface area contributed by atoms with Crippen LogP contribution in [0.4, 0.5) is 0 Å². The van der Waals surface area contributed by atoms with Gasteiger partial charge in [0.1, 0.15) is 0 Å². The van der Waals surface area contributed by atoms with Crippen molar-refractivity contribution in [3.8, 4) is 0 Å². The Hall–Kier alpha value is -0.690. The molecule has 0 saturated heterocycles. The first-order valence-electron chi connectivity index (χ1n) is 3.04. The molecule has 0 spiro atoms. The van der Waals surface area contributed by atoms with Gasteiger partial charge in [0.25, 0.3) is 0 Å². The van der Waals surface area contributed by atoms with Gasteiger partial charge in [-0.25, -0.2) is 0 Å². The SMILES string of the molecule is C=CC1=CCN(C)C=C1.Cl. The van der Waals surface area contributed by atoms with Crippen LogP contribution in [0.25, 0.3) is 0 Å². The summed E-state index contributed by atoms with van der Waals surface area (Å²) in [5, 5.41) is 0. The molecule has 0 radical (unpaired) electrons. The van der Waals surface area contributed by atoms with Crippen molar-refractivity contribution < 1.29 is 0 Å². The van der Waals surface area contributed by atoms with Gasteiger partial charge in [0.05, 0.1) is 0 Å². The molecule has 0 aliphatic carbocycles. The zero-order chi connectivity index (χ0) is 6.69. The van der Waals surface area contributed by atoms with Crippen molar-refractivity contribution in [2.24, 2.45) is 0 Å². The Morgan fingerprint density at radius 3 is 2.80 bits per heavy atom. The van der Waals surface area contributed by atoms with E-state index in [0.717, 1.165) is 6.54 Å². The molecule has 56 valence electrons. The maximum absolute atomic E-state index is 3.67. The smallest absolute Gasteiger partial charge is 0.0359 e. The number of hydrogen-bond donors (Lipinski definition) is 0. The lowest BCUT2D eigenvalue weighted by Crippen LogP contribution is -2.12. The summed E-state index contributed by atoms with van der Waals surface area (Å²) in [6, 6.07) is 0. The Morgan fingerprint density at radius 1 is 1.70 bits per heavy atom. The van der Waals surface area contributed by atoms with E-state index >= 15 is 0 Å². The molecule has 1 nitrogen and oxygen atoms in total. The summed E-state index contributed by atoms with van der Waals surface area (Å²) in [6.45, 7) is 4.67. The van der Waals surface area contributed by atoms with Gasteiger partial charge in [-0.2, -0.15) is 0 Å². The van der Waals surface area contributed by atoms with E-state index in [1.165, 1.54) is 5.57 Å². The van der Waals surface area contributed by atoms with Crippen molar-refractivity contribution in [3.05, 3.63) is 36.6 Å². The van der Waals surface area contributed by atoms with Gasteiger partial charge >= 0.3 is 0 Å². The lowest BCUT2D eigenvalue weighted by molar-refractivity contribution is 0.503. The summed E-state index contributed by atoms with van der Waals surface area (Å²) >= 11 is 0. The predicted octanol–water partition coefficient (Wildman–Crippen LogP) is 1.98. The Kier molecular flexibility index (Phi) is 3.89. The Bertz CT molecular complexity index is 170. The fraction of sp³-hybridized carbons (Fsp3) is 0.250. The predicted molar refractivity (Wildman–Crippen MR) is 47.3 cm³/mol. The second kappa shape index (κ2) is 4.18. The Labute approximate surface area is 68.1 Å². The van der Waals surface area contributed by atoms with E-state index in [9.17, 15) is 0 Å². The molecule has 0 atom stereocenters. The topological polar surface area (TPSA) is 3.24 Å². The summed E-state index contributed by atoms with van der Waals surface area (Å²) in [6.07, 6.45) is 8.12. The van der Waals surface area contributed by atoms with Gasteiger partial charge < -0.3 is 4.90 Å². The average molecular weight is 158 g/mol. The number of hydrogen-bond acceptors (Lipinski definition) is 1. The minimum absolute atomic E-state index is 0. The zero-order valence-electron chi connectivity index (χ0n) is 6.08. The molecule has 1 heterocycles.